The first-order valence-electron chi connectivity index (χ1n) is 9.96. The van der Waals surface area contributed by atoms with Crippen LogP contribution in [-0.2, 0) is 17.9 Å². The summed E-state index contributed by atoms with van der Waals surface area (Å²) >= 11 is 7.16. The molecule has 0 saturated heterocycles. The van der Waals surface area contributed by atoms with Crippen molar-refractivity contribution in [3.05, 3.63) is 101 Å². The fourth-order valence-corrected chi connectivity index (χ4v) is 4.02. The number of carbonyl (C=O) groups is 1. The number of nitrogens with zero attached hydrogens (tertiary/aromatic N) is 3. The zero-order valence-corrected chi connectivity index (χ0v) is 18.6. The van der Waals surface area contributed by atoms with Gasteiger partial charge in [-0.05, 0) is 35.4 Å². The third-order valence-electron chi connectivity index (χ3n) is 4.75. The van der Waals surface area contributed by atoms with Crippen LogP contribution >= 0.6 is 23.4 Å². The molecule has 1 aromatic heterocycles. The van der Waals surface area contributed by atoms with Crippen LogP contribution in [0.4, 0.5) is 4.39 Å². The van der Waals surface area contributed by atoms with Gasteiger partial charge in [-0.15, -0.1) is 10.2 Å². The molecule has 1 heterocycles. The number of halogens is 2. The Balaban J connectivity index is 1.49. The van der Waals surface area contributed by atoms with Crippen LogP contribution in [-0.4, -0.2) is 26.4 Å². The summed E-state index contributed by atoms with van der Waals surface area (Å²) in [6.45, 7) is 0.875. The number of hydrogen-bond acceptors (Lipinski definition) is 4. The number of thioether (sulfide) groups is 1. The van der Waals surface area contributed by atoms with E-state index in [1.807, 2.05) is 47.0 Å². The van der Waals surface area contributed by atoms with Crippen LogP contribution in [0.2, 0.25) is 5.02 Å². The minimum Gasteiger partial charge on any atom is -0.351 e. The second-order valence-corrected chi connectivity index (χ2v) is 8.43. The van der Waals surface area contributed by atoms with Crippen molar-refractivity contribution in [2.45, 2.75) is 18.2 Å². The van der Waals surface area contributed by atoms with E-state index < -0.39 is 0 Å². The molecular weight excluding hydrogens is 447 g/mol. The highest BCUT2D eigenvalue weighted by Gasteiger charge is 2.18. The molecule has 0 spiro atoms. The smallest absolute Gasteiger partial charge is 0.230 e. The van der Waals surface area contributed by atoms with Gasteiger partial charge >= 0.3 is 0 Å². The monoisotopic (exact) mass is 466 g/mol. The van der Waals surface area contributed by atoms with Gasteiger partial charge in [0.2, 0.25) is 5.91 Å². The average Bonchev–Trinajstić information content (AvgIpc) is 3.20. The first kappa shape index (κ1) is 22.0. The third kappa shape index (κ3) is 5.55. The average molecular weight is 467 g/mol. The Kier molecular flexibility index (Phi) is 7.19. The summed E-state index contributed by atoms with van der Waals surface area (Å²) in [5.74, 6) is 0.0896. The molecule has 0 saturated carbocycles. The number of nitrogens with one attached hydrogen (secondary N) is 1. The molecule has 0 fully saturated rings. The second-order valence-electron chi connectivity index (χ2n) is 7.05. The van der Waals surface area contributed by atoms with Gasteiger partial charge in [-0.3, -0.25) is 9.36 Å². The molecule has 0 aliphatic rings. The molecule has 3 aromatic carbocycles. The molecule has 1 amide bonds. The van der Waals surface area contributed by atoms with Crippen molar-refractivity contribution in [3.8, 4) is 11.4 Å². The van der Waals surface area contributed by atoms with Crippen molar-refractivity contribution in [3.63, 3.8) is 0 Å². The summed E-state index contributed by atoms with van der Waals surface area (Å²) in [5.41, 5.74) is 2.36. The Morgan fingerprint density at radius 2 is 1.66 bits per heavy atom. The number of amides is 1. The zero-order valence-electron chi connectivity index (χ0n) is 17.0. The molecule has 0 unspecified atom stereocenters. The second kappa shape index (κ2) is 10.4. The maximum atomic E-state index is 14.4. The van der Waals surface area contributed by atoms with E-state index in [0.29, 0.717) is 34.7 Å². The van der Waals surface area contributed by atoms with E-state index >= 15 is 0 Å². The molecule has 0 bridgehead atoms. The Bertz CT molecular complexity index is 1200. The lowest BCUT2D eigenvalue weighted by Gasteiger charge is -2.11. The summed E-state index contributed by atoms with van der Waals surface area (Å²) in [5, 5.41) is 12.6. The van der Waals surface area contributed by atoms with Crippen LogP contribution in [0.3, 0.4) is 0 Å². The van der Waals surface area contributed by atoms with Crippen LogP contribution in [0.5, 0.6) is 0 Å². The highest BCUT2D eigenvalue weighted by atomic mass is 35.5. The first-order chi connectivity index (χ1) is 15.6. The number of carbonyl (C=O) groups excluding carboxylic acids is 1. The van der Waals surface area contributed by atoms with Gasteiger partial charge in [-0.2, -0.15) is 0 Å². The molecule has 0 aliphatic carbocycles. The van der Waals surface area contributed by atoms with Crippen molar-refractivity contribution in [1.29, 1.82) is 0 Å². The molecule has 8 heteroatoms. The van der Waals surface area contributed by atoms with Gasteiger partial charge in [0.25, 0.3) is 0 Å². The van der Waals surface area contributed by atoms with Gasteiger partial charge in [-0.1, -0.05) is 78.0 Å². The molecule has 4 rings (SSSR count). The van der Waals surface area contributed by atoms with E-state index in [1.54, 1.807) is 30.3 Å². The van der Waals surface area contributed by atoms with Crippen LogP contribution in [0.25, 0.3) is 11.4 Å². The summed E-state index contributed by atoms with van der Waals surface area (Å²) in [6, 6.07) is 23.6. The van der Waals surface area contributed by atoms with Crippen molar-refractivity contribution in [1.82, 2.24) is 20.1 Å². The van der Waals surface area contributed by atoms with Gasteiger partial charge in [0.1, 0.15) is 5.82 Å². The minimum atomic E-state index is -0.369. The molecule has 1 N–H and O–H groups in total. The van der Waals surface area contributed by atoms with Crippen molar-refractivity contribution in [2.75, 3.05) is 5.75 Å². The van der Waals surface area contributed by atoms with Gasteiger partial charge < -0.3 is 5.32 Å². The summed E-state index contributed by atoms with van der Waals surface area (Å²) < 4.78 is 16.3. The number of hydrogen-bond donors (Lipinski definition) is 1. The van der Waals surface area contributed by atoms with E-state index in [1.165, 1.54) is 17.8 Å². The fraction of sp³-hybridized carbons (Fsp3) is 0.125. The van der Waals surface area contributed by atoms with E-state index in [9.17, 15) is 9.18 Å². The zero-order chi connectivity index (χ0) is 22.3. The van der Waals surface area contributed by atoms with Crippen molar-refractivity contribution in [2.24, 2.45) is 0 Å². The molecule has 4 aromatic rings. The Morgan fingerprint density at radius 1 is 0.938 bits per heavy atom. The lowest BCUT2D eigenvalue weighted by Crippen LogP contribution is -2.24. The van der Waals surface area contributed by atoms with E-state index in [4.69, 9.17) is 11.6 Å². The fourth-order valence-electron chi connectivity index (χ4n) is 3.13. The molecule has 162 valence electrons. The van der Waals surface area contributed by atoms with Crippen LogP contribution in [0, 0.1) is 5.82 Å². The molecule has 32 heavy (non-hydrogen) atoms. The number of benzene rings is 3. The first-order valence-corrected chi connectivity index (χ1v) is 11.3. The lowest BCUT2D eigenvalue weighted by atomic mass is 10.2. The Labute approximate surface area is 194 Å². The van der Waals surface area contributed by atoms with Crippen LogP contribution in [0.15, 0.2) is 84.0 Å². The quantitative estimate of drug-likeness (QED) is 0.363. The lowest BCUT2D eigenvalue weighted by molar-refractivity contribution is -0.118. The number of aromatic nitrogens is 3. The minimum absolute atomic E-state index is 0.133. The maximum absolute atomic E-state index is 14.4. The molecule has 0 aliphatic heterocycles. The van der Waals surface area contributed by atoms with E-state index in [0.717, 1.165) is 11.1 Å². The van der Waals surface area contributed by atoms with Gasteiger partial charge in [0.15, 0.2) is 11.0 Å². The summed E-state index contributed by atoms with van der Waals surface area (Å²) in [4.78, 5) is 12.4. The van der Waals surface area contributed by atoms with Crippen molar-refractivity contribution >= 4 is 29.3 Å². The van der Waals surface area contributed by atoms with Gasteiger partial charge in [-0.25, -0.2) is 4.39 Å². The highest BCUT2D eigenvalue weighted by molar-refractivity contribution is 7.99. The topological polar surface area (TPSA) is 59.8 Å². The molecular formula is C24H20ClFN4OS. The standard InChI is InChI=1S/C24H20ClFN4OS/c25-19-12-10-17(11-13-19)14-27-22(31)16-32-24-29-28-23(20-8-4-5-9-21(20)26)30(24)15-18-6-2-1-3-7-18/h1-13H,14-16H2,(H,27,31). The molecule has 0 atom stereocenters. The van der Waals surface area contributed by atoms with E-state index in [-0.39, 0.29) is 17.5 Å². The molecule has 5 nitrogen and oxygen atoms in total. The Hall–Kier alpha value is -3.16. The third-order valence-corrected chi connectivity index (χ3v) is 5.97. The predicted octanol–water partition coefficient (Wildman–Crippen LogP) is 5.19. The largest absolute Gasteiger partial charge is 0.351 e. The SMILES string of the molecule is O=C(CSc1nnc(-c2ccccc2F)n1Cc1ccccc1)NCc1ccc(Cl)cc1. The van der Waals surface area contributed by atoms with Crippen LogP contribution < -0.4 is 5.32 Å². The predicted molar refractivity (Wildman–Crippen MR) is 125 cm³/mol. The van der Waals surface area contributed by atoms with Crippen molar-refractivity contribution < 1.29 is 9.18 Å². The van der Waals surface area contributed by atoms with Gasteiger partial charge in [0.05, 0.1) is 17.9 Å². The normalized spacial score (nSPS) is 10.8. The van der Waals surface area contributed by atoms with Crippen LogP contribution in [0.1, 0.15) is 11.1 Å². The van der Waals surface area contributed by atoms with E-state index in [2.05, 4.69) is 15.5 Å². The summed E-state index contributed by atoms with van der Waals surface area (Å²) in [7, 11) is 0. The maximum Gasteiger partial charge on any atom is 0.230 e. The van der Waals surface area contributed by atoms with Gasteiger partial charge in [0, 0.05) is 11.6 Å². The molecule has 0 radical (unpaired) electrons. The Morgan fingerprint density at radius 3 is 2.41 bits per heavy atom. The highest BCUT2D eigenvalue weighted by Crippen LogP contribution is 2.27. The number of rotatable bonds is 8. The summed E-state index contributed by atoms with van der Waals surface area (Å²) in [6.07, 6.45) is 0.